The molecule has 1 unspecified atom stereocenters. The molecule has 96 valence electrons. The molecule has 0 bridgehead atoms. The predicted molar refractivity (Wildman–Crippen MR) is 49.0 cm³/mol. The molecule has 0 heterocycles. The number of carbonyl (C=O) groups is 4. The molecule has 10 heteroatoms. The van der Waals surface area contributed by atoms with Gasteiger partial charge in [-0.1, -0.05) is 0 Å². The van der Waals surface area contributed by atoms with E-state index in [0.29, 0.717) is 0 Å². The van der Waals surface area contributed by atoms with Gasteiger partial charge in [0.2, 0.25) is 5.54 Å². The first-order valence-electron chi connectivity index (χ1n) is 4.00. The fraction of sp³-hybridized carbons (Fsp3) is 0.429. The van der Waals surface area contributed by atoms with Crippen molar-refractivity contribution in [3.8, 4) is 0 Å². The minimum Gasteiger partial charge on any atom is -0.481 e. The van der Waals surface area contributed by atoms with E-state index in [1.807, 2.05) is 0 Å². The second-order valence-electron chi connectivity index (χ2n) is 3.27. The van der Waals surface area contributed by atoms with Crippen molar-refractivity contribution in [1.29, 1.82) is 0 Å². The van der Waals surface area contributed by atoms with Crippen molar-refractivity contribution in [2.24, 2.45) is 11.5 Å². The van der Waals surface area contributed by atoms with Crippen LogP contribution >= 0.6 is 0 Å². The first-order chi connectivity index (χ1) is 7.50. The average Bonchev–Trinajstić information content (AvgIpc) is 2.13. The van der Waals surface area contributed by atoms with E-state index in [1.54, 1.807) is 0 Å². The zero-order valence-electron chi connectivity index (χ0n) is 8.28. The molecule has 1 atom stereocenters. The molecule has 0 aliphatic heterocycles. The van der Waals surface area contributed by atoms with Gasteiger partial charge < -0.3 is 31.9 Å². The van der Waals surface area contributed by atoms with Gasteiger partial charge in [-0.25, -0.2) is 9.59 Å². The Morgan fingerprint density at radius 3 is 1.35 bits per heavy atom. The number of carboxylic acids is 4. The van der Waals surface area contributed by atoms with Crippen LogP contribution < -0.4 is 11.5 Å². The highest BCUT2D eigenvalue weighted by Gasteiger charge is 2.64. The van der Waals surface area contributed by atoms with E-state index in [0.717, 1.165) is 0 Å². The maximum Gasteiger partial charge on any atom is 0.338 e. The summed E-state index contributed by atoms with van der Waals surface area (Å²) in [4.78, 5) is 42.8. The van der Waals surface area contributed by atoms with Crippen LogP contribution in [0.25, 0.3) is 0 Å². The van der Waals surface area contributed by atoms with Crippen LogP contribution in [0.15, 0.2) is 0 Å². The first kappa shape index (κ1) is 14.8. The summed E-state index contributed by atoms with van der Waals surface area (Å²) < 4.78 is 0. The molecular formula is C7H10N2O8. The number of rotatable bonds is 6. The zero-order valence-corrected chi connectivity index (χ0v) is 8.28. The normalized spacial score (nSPS) is 14.7. The van der Waals surface area contributed by atoms with E-state index >= 15 is 0 Å². The van der Waals surface area contributed by atoms with Crippen molar-refractivity contribution in [3.63, 3.8) is 0 Å². The maximum absolute atomic E-state index is 10.8. The third kappa shape index (κ3) is 2.16. The van der Waals surface area contributed by atoms with E-state index in [1.165, 1.54) is 0 Å². The molecule has 0 amide bonds. The summed E-state index contributed by atoms with van der Waals surface area (Å²) in [5, 5.41) is 34.5. The lowest BCUT2D eigenvalue weighted by molar-refractivity contribution is -0.170. The fourth-order valence-electron chi connectivity index (χ4n) is 1.10. The second-order valence-corrected chi connectivity index (χ2v) is 3.27. The highest BCUT2D eigenvalue weighted by molar-refractivity contribution is 6.11. The van der Waals surface area contributed by atoms with Gasteiger partial charge in [0.15, 0.2) is 5.54 Å². The highest BCUT2D eigenvalue weighted by Crippen LogP contribution is 2.23. The SMILES string of the molecule is NC(CC(=O)O)(C(=O)O)C(N)(C(=O)O)C(=O)O. The van der Waals surface area contributed by atoms with Gasteiger partial charge in [-0.15, -0.1) is 0 Å². The maximum atomic E-state index is 10.8. The van der Waals surface area contributed by atoms with Crippen molar-refractivity contribution in [2.45, 2.75) is 17.5 Å². The van der Waals surface area contributed by atoms with E-state index in [2.05, 4.69) is 0 Å². The van der Waals surface area contributed by atoms with Crippen molar-refractivity contribution >= 4 is 23.9 Å². The molecule has 0 saturated carbocycles. The quantitative estimate of drug-likeness (QED) is 0.265. The molecule has 0 spiro atoms. The van der Waals surface area contributed by atoms with Crippen LogP contribution in [0.5, 0.6) is 0 Å². The molecule has 0 rings (SSSR count). The van der Waals surface area contributed by atoms with Crippen LogP contribution in [-0.2, 0) is 19.2 Å². The minimum absolute atomic E-state index is 1.46. The molecule has 17 heavy (non-hydrogen) atoms. The third-order valence-electron chi connectivity index (χ3n) is 2.19. The Morgan fingerprint density at radius 2 is 1.18 bits per heavy atom. The molecular weight excluding hydrogens is 240 g/mol. The van der Waals surface area contributed by atoms with Gasteiger partial charge in [0.25, 0.3) is 0 Å². The summed E-state index contributed by atoms with van der Waals surface area (Å²) in [6.07, 6.45) is -1.46. The summed E-state index contributed by atoms with van der Waals surface area (Å²) in [5.41, 5.74) is 3.35. The van der Waals surface area contributed by atoms with Crippen LogP contribution in [0.2, 0.25) is 0 Å². The third-order valence-corrected chi connectivity index (χ3v) is 2.19. The number of nitrogens with two attached hydrogens (primary N) is 2. The summed E-state index contributed by atoms with van der Waals surface area (Å²) >= 11 is 0. The number of aliphatic carboxylic acids is 4. The van der Waals surface area contributed by atoms with Crippen LogP contribution in [0.4, 0.5) is 0 Å². The Balaban J connectivity index is 5.89. The van der Waals surface area contributed by atoms with Crippen LogP contribution in [0, 0.1) is 0 Å². The van der Waals surface area contributed by atoms with Crippen molar-refractivity contribution in [1.82, 2.24) is 0 Å². The van der Waals surface area contributed by atoms with E-state index in [9.17, 15) is 19.2 Å². The molecule has 0 aliphatic rings. The Kier molecular flexibility index (Phi) is 3.79. The minimum atomic E-state index is -3.46. The lowest BCUT2D eigenvalue weighted by Gasteiger charge is -2.34. The lowest BCUT2D eigenvalue weighted by atomic mass is 9.75. The van der Waals surface area contributed by atoms with Crippen LogP contribution in [0.3, 0.4) is 0 Å². The van der Waals surface area contributed by atoms with Crippen molar-refractivity contribution in [3.05, 3.63) is 0 Å². The van der Waals surface area contributed by atoms with Crippen LogP contribution in [0.1, 0.15) is 6.42 Å². The largest absolute Gasteiger partial charge is 0.481 e. The van der Waals surface area contributed by atoms with E-state index in [4.69, 9.17) is 31.9 Å². The van der Waals surface area contributed by atoms with Gasteiger partial charge in [-0.2, -0.15) is 0 Å². The standard InChI is InChI=1S/C7H10N2O8/c8-6(3(12)13,1-2(10)11)7(9,4(14)15)5(16)17/h1,8-9H2,(H,10,11)(H,12,13)(H,14,15)(H,16,17). The Labute approximate surface area is 93.4 Å². The van der Waals surface area contributed by atoms with Gasteiger partial charge in [0, 0.05) is 0 Å². The summed E-state index contributed by atoms with van der Waals surface area (Å²) in [5.74, 6) is -8.45. The Bertz CT molecular complexity index is 377. The monoisotopic (exact) mass is 250 g/mol. The Hall–Kier alpha value is -2.20. The Morgan fingerprint density at radius 1 is 0.824 bits per heavy atom. The second kappa shape index (κ2) is 4.35. The molecule has 0 aromatic rings. The molecule has 0 saturated heterocycles. The highest BCUT2D eigenvalue weighted by atomic mass is 16.4. The number of hydrogen-bond donors (Lipinski definition) is 6. The van der Waals surface area contributed by atoms with Crippen molar-refractivity contribution in [2.75, 3.05) is 0 Å². The molecule has 0 radical (unpaired) electrons. The summed E-state index contributed by atoms with van der Waals surface area (Å²) in [6.45, 7) is 0. The summed E-state index contributed by atoms with van der Waals surface area (Å²) in [7, 11) is 0. The van der Waals surface area contributed by atoms with Gasteiger partial charge in [-0.3, -0.25) is 9.59 Å². The smallest absolute Gasteiger partial charge is 0.338 e. The molecule has 8 N–H and O–H groups in total. The average molecular weight is 250 g/mol. The fourth-order valence-corrected chi connectivity index (χ4v) is 1.10. The summed E-state index contributed by atoms with van der Waals surface area (Å²) in [6, 6.07) is 0. The van der Waals surface area contributed by atoms with Gasteiger partial charge in [-0.05, 0) is 0 Å². The first-order valence-corrected chi connectivity index (χ1v) is 4.00. The predicted octanol–water partition coefficient (Wildman–Crippen LogP) is -2.89. The van der Waals surface area contributed by atoms with E-state index in [-0.39, 0.29) is 0 Å². The topological polar surface area (TPSA) is 201 Å². The van der Waals surface area contributed by atoms with Gasteiger partial charge in [0.05, 0.1) is 6.42 Å². The van der Waals surface area contributed by atoms with Crippen LogP contribution in [-0.4, -0.2) is 55.4 Å². The number of carboxylic acid groups (broad SMARTS) is 4. The molecule has 10 nitrogen and oxygen atoms in total. The van der Waals surface area contributed by atoms with Crippen molar-refractivity contribution < 1.29 is 39.6 Å². The number of hydrogen-bond acceptors (Lipinski definition) is 6. The lowest BCUT2D eigenvalue weighted by Crippen LogP contribution is -2.77. The molecule has 0 aromatic heterocycles. The molecule has 0 fully saturated rings. The molecule has 0 aromatic carbocycles. The van der Waals surface area contributed by atoms with E-state index < -0.39 is 41.4 Å². The molecule has 0 aliphatic carbocycles. The van der Waals surface area contributed by atoms with Gasteiger partial charge >= 0.3 is 23.9 Å². The zero-order chi connectivity index (χ0) is 14.0. The van der Waals surface area contributed by atoms with Gasteiger partial charge in [0.1, 0.15) is 0 Å².